The molecule has 1 fully saturated rings. The van der Waals surface area contributed by atoms with E-state index in [0.29, 0.717) is 23.0 Å². The molecular weight excluding hydrogens is 639 g/mol. The normalized spacial score (nSPS) is 19.2. The number of carbonyl (C=O) groups is 1. The molecule has 248 valence electrons. The van der Waals surface area contributed by atoms with Crippen LogP contribution in [0, 0.1) is 5.92 Å². The number of nitrogens with zero attached hydrogens (tertiary/aromatic N) is 6. The highest BCUT2D eigenvalue weighted by atomic mass is 32.2. The number of aliphatic hydroxyl groups excluding tert-OH is 1. The van der Waals surface area contributed by atoms with Crippen LogP contribution in [0.4, 0.5) is 0 Å². The van der Waals surface area contributed by atoms with E-state index in [1.807, 2.05) is 92.0 Å². The lowest BCUT2D eigenvalue weighted by atomic mass is 9.91. The van der Waals surface area contributed by atoms with Crippen LogP contribution in [0.25, 0.3) is 22.2 Å². The molecule has 4 unspecified atom stereocenters. The Labute approximate surface area is 287 Å². The average Bonchev–Trinajstić information content (AvgIpc) is 3.57. The molecule has 6 aromatic rings. The number of hydrogen-bond donors (Lipinski definition) is 2. The smallest absolute Gasteiger partial charge is 0.271 e. The Balaban J connectivity index is 1.09. The Hall–Kier alpha value is -5.01. The molecule has 0 saturated carbocycles. The third kappa shape index (κ3) is 7.22. The van der Waals surface area contributed by atoms with Gasteiger partial charge in [-0.3, -0.25) is 9.78 Å². The zero-order valence-corrected chi connectivity index (χ0v) is 27.8. The number of aromatic nitrogens is 6. The summed E-state index contributed by atoms with van der Waals surface area (Å²) in [6.07, 6.45) is 0.516. The van der Waals surface area contributed by atoms with Crippen LogP contribution in [-0.2, 0) is 29.7 Å². The Morgan fingerprint density at radius 3 is 2.41 bits per heavy atom. The van der Waals surface area contributed by atoms with Crippen LogP contribution in [0.5, 0.6) is 0 Å². The number of carbonyl (C=O) groups excluding carboxylic acids is 1. The van der Waals surface area contributed by atoms with Gasteiger partial charge in [0.25, 0.3) is 5.91 Å². The van der Waals surface area contributed by atoms with E-state index in [1.165, 1.54) is 6.20 Å². The fraction of sp³-hybridized carbons (Fsp3) is 0.243. The number of thioether (sulfide) groups is 1. The predicted molar refractivity (Wildman–Crippen MR) is 185 cm³/mol. The molecule has 0 bridgehead atoms. The highest BCUT2D eigenvalue weighted by molar-refractivity contribution is 7.99. The Morgan fingerprint density at radius 2 is 1.65 bits per heavy atom. The van der Waals surface area contributed by atoms with E-state index < -0.39 is 6.29 Å². The largest absolute Gasteiger partial charge is 0.392 e. The molecule has 2 aromatic heterocycles. The van der Waals surface area contributed by atoms with Crippen molar-refractivity contribution >= 4 is 28.7 Å². The summed E-state index contributed by atoms with van der Waals surface area (Å²) in [6, 6.07) is 31.5. The molecule has 0 spiro atoms. The fourth-order valence-corrected chi connectivity index (χ4v) is 6.93. The molecule has 49 heavy (non-hydrogen) atoms. The zero-order valence-electron chi connectivity index (χ0n) is 27.0. The van der Waals surface area contributed by atoms with Crippen LogP contribution in [0.2, 0.25) is 0 Å². The molecule has 0 radical (unpaired) electrons. The molecule has 3 heterocycles. The summed E-state index contributed by atoms with van der Waals surface area (Å²) in [4.78, 5) is 21.8. The molecule has 1 amide bonds. The van der Waals surface area contributed by atoms with E-state index in [2.05, 4.69) is 49.9 Å². The van der Waals surface area contributed by atoms with Crippen LogP contribution >= 0.6 is 11.8 Å². The molecule has 0 aliphatic carbocycles. The van der Waals surface area contributed by atoms with Crippen LogP contribution in [0.3, 0.4) is 0 Å². The van der Waals surface area contributed by atoms with Gasteiger partial charge in [-0.15, -0.1) is 5.10 Å². The standard InChI is InChI=1S/C37H35N7O4S/c1-23-33(22-49-37-41-42-43-44(37)2)47-36(48-34(23)26-13-11-24(21-45)12-14-26)27-17-15-25(16-18-27)29-8-4-3-7-28(29)19-39-35(46)32-20-38-30-9-5-6-10-31(30)40-32/h3-18,20,23,33-34,36,45H,19,21-22H2,1-2H3,(H,39,46). The summed E-state index contributed by atoms with van der Waals surface area (Å²) in [5, 5.41) is 25.1. The van der Waals surface area contributed by atoms with Crippen molar-refractivity contribution in [1.82, 2.24) is 35.5 Å². The van der Waals surface area contributed by atoms with Gasteiger partial charge in [-0.25, -0.2) is 9.67 Å². The van der Waals surface area contributed by atoms with Crippen LogP contribution in [0.1, 0.15) is 52.1 Å². The maximum atomic E-state index is 13.0. The number of aryl methyl sites for hydroxylation is 1. The molecule has 1 aliphatic rings. The van der Waals surface area contributed by atoms with Gasteiger partial charge in [0.1, 0.15) is 5.69 Å². The molecule has 7 rings (SSSR count). The van der Waals surface area contributed by atoms with Crippen molar-refractivity contribution in [2.24, 2.45) is 13.0 Å². The van der Waals surface area contributed by atoms with Gasteiger partial charge in [-0.2, -0.15) is 0 Å². The topological polar surface area (TPSA) is 137 Å². The molecule has 2 N–H and O–H groups in total. The number of rotatable bonds is 10. The quantitative estimate of drug-likeness (QED) is 0.171. The van der Waals surface area contributed by atoms with Crippen molar-refractivity contribution < 1.29 is 19.4 Å². The molecule has 4 aromatic carbocycles. The third-order valence-electron chi connectivity index (χ3n) is 8.71. The molecule has 12 heteroatoms. The van der Waals surface area contributed by atoms with Gasteiger partial charge in [-0.1, -0.05) is 104 Å². The van der Waals surface area contributed by atoms with Crippen molar-refractivity contribution in [1.29, 1.82) is 0 Å². The number of para-hydroxylation sites is 2. The zero-order chi connectivity index (χ0) is 33.7. The molecule has 1 saturated heterocycles. The van der Waals surface area contributed by atoms with Gasteiger partial charge in [-0.05, 0) is 50.4 Å². The number of ether oxygens (including phenoxy) is 2. The first-order valence-corrected chi connectivity index (χ1v) is 17.0. The summed E-state index contributed by atoms with van der Waals surface area (Å²) in [7, 11) is 1.82. The summed E-state index contributed by atoms with van der Waals surface area (Å²) in [5.41, 5.74) is 7.43. The Bertz CT molecular complexity index is 2060. The number of aliphatic hydroxyl groups is 1. The van der Waals surface area contributed by atoms with Gasteiger partial charge < -0.3 is 19.9 Å². The molecule has 1 aliphatic heterocycles. The van der Waals surface area contributed by atoms with Gasteiger partial charge in [0.05, 0.1) is 36.0 Å². The highest BCUT2D eigenvalue weighted by Crippen LogP contribution is 2.43. The number of hydrogen-bond acceptors (Lipinski definition) is 10. The van der Waals surface area contributed by atoms with Crippen LogP contribution in [0.15, 0.2) is 108 Å². The predicted octanol–water partition coefficient (Wildman–Crippen LogP) is 5.83. The Kier molecular flexibility index (Phi) is 9.71. The average molecular weight is 674 g/mol. The van der Waals surface area contributed by atoms with E-state index in [9.17, 15) is 9.90 Å². The minimum absolute atomic E-state index is 0.0148. The summed E-state index contributed by atoms with van der Waals surface area (Å²) >= 11 is 1.55. The Morgan fingerprint density at radius 1 is 0.918 bits per heavy atom. The van der Waals surface area contributed by atoms with Crippen molar-refractivity contribution in [2.75, 3.05) is 5.75 Å². The number of nitrogens with one attached hydrogen (secondary N) is 1. The summed E-state index contributed by atoms with van der Waals surface area (Å²) in [5.74, 6) is 0.391. The van der Waals surface area contributed by atoms with Gasteiger partial charge in [0, 0.05) is 30.8 Å². The van der Waals surface area contributed by atoms with E-state index in [0.717, 1.165) is 38.9 Å². The van der Waals surface area contributed by atoms with Crippen molar-refractivity contribution in [2.45, 2.75) is 43.7 Å². The van der Waals surface area contributed by atoms with E-state index in [4.69, 9.17) is 9.47 Å². The van der Waals surface area contributed by atoms with Crippen LogP contribution in [-0.4, -0.2) is 53.0 Å². The maximum Gasteiger partial charge on any atom is 0.271 e. The maximum absolute atomic E-state index is 13.0. The summed E-state index contributed by atoms with van der Waals surface area (Å²) < 4.78 is 14.9. The van der Waals surface area contributed by atoms with Crippen molar-refractivity contribution in [3.8, 4) is 11.1 Å². The number of amides is 1. The van der Waals surface area contributed by atoms with Crippen molar-refractivity contribution in [3.05, 3.63) is 131 Å². The number of benzene rings is 4. The summed E-state index contributed by atoms with van der Waals surface area (Å²) in [6.45, 7) is 2.45. The van der Waals surface area contributed by atoms with Gasteiger partial charge in [0.2, 0.25) is 5.16 Å². The first-order chi connectivity index (χ1) is 24.0. The number of tetrazole rings is 1. The lowest BCUT2D eigenvalue weighted by Gasteiger charge is -2.41. The lowest BCUT2D eigenvalue weighted by molar-refractivity contribution is -0.268. The molecule has 4 atom stereocenters. The highest BCUT2D eigenvalue weighted by Gasteiger charge is 2.38. The van der Waals surface area contributed by atoms with E-state index in [1.54, 1.807) is 16.4 Å². The van der Waals surface area contributed by atoms with Gasteiger partial charge in [0.15, 0.2) is 6.29 Å². The monoisotopic (exact) mass is 673 g/mol. The molecular formula is C37H35N7O4S. The van der Waals surface area contributed by atoms with E-state index >= 15 is 0 Å². The lowest BCUT2D eigenvalue weighted by Crippen LogP contribution is -2.38. The first kappa shape index (κ1) is 32.5. The third-order valence-corrected chi connectivity index (χ3v) is 9.81. The second kappa shape index (κ2) is 14.6. The van der Waals surface area contributed by atoms with E-state index in [-0.39, 0.29) is 36.3 Å². The number of fused-ring (bicyclic) bond motifs is 1. The first-order valence-electron chi connectivity index (χ1n) is 16.0. The SMILES string of the molecule is CC1C(CSc2nnnn2C)OC(c2ccc(-c3ccccc3CNC(=O)c3cnc4ccccc4n3)cc2)OC1c1ccc(CO)cc1. The minimum atomic E-state index is -0.603. The van der Waals surface area contributed by atoms with Crippen LogP contribution < -0.4 is 5.32 Å². The second-order valence-corrected chi connectivity index (χ2v) is 12.9. The van der Waals surface area contributed by atoms with Gasteiger partial charge >= 0.3 is 0 Å². The minimum Gasteiger partial charge on any atom is -0.392 e. The van der Waals surface area contributed by atoms with Crippen molar-refractivity contribution in [3.63, 3.8) is 0 Å². The second-order valence-electron chi connectivity index (χ2n) is 11.9. The fourth-order valence-electron chi connectivity index (χ4n) is 5.92. The molecule has 11 nitrogen and oxygen atoms in total.